The van der Waals surface area contributed by atoms with Crippen molar-refractivity contribution in [3.63, 3.8) is 0 Å². The van der Waals surface area contributed by atoms with Crippen LogP contribution in [-0.4, -0.2) is 36.1 Å². The molecule has 0 spiro atoms. The van der Waals surface area contributed by atoms with Gasteiger partial charge in [-0.15, -0.1) is 0 Å². The molecule has 1 aliphatic heterocycles. The number of nitrogens with one attached hydrogen (secondary N) is 1. The van der Waals surface area contributed by atoms with Crippen LogP contribution in [0.25, 0.3) is 0 Å². The number of nitrogens with two attached hydrogens (primary N) is 1. The van der Waals surface area contributed by atoms with E-state index in [-0.39, 0.29) is 6.03 Å². The zero-order chi connectivity index (χ0) is 11.4. The van der Waals surface area contributed by atoms with Gasteiger partial charge >= 0.3 is 6.03 Å². The zero-order valence-corrected chi connectivity index (χ0v) is 9.99. The molecule has 1 saturated heterocycles. The number of piperidine rings is 1. The molecule has 4 nitrogen and oxygen atoms in total. The SMILES string of the molecule is CC(C)C(C)NC1CCN(C(N)=O)CC1. The summed E-state index contributed by atoms with van der Waals surface area (Å²) in [5.41, 5.74) is 5.23. The molecule has 15 heavy (non-hydrogen) atoms. The second kappa shape index (κ2) is 5.35. The monoisotopic (exact) mass is 213 g/mol. The third-order valence-corrected chi connectivity index (χ3v) is 3.31. The lowest BCUT2D eigenvalue weighted by Crippen LogP contribution is -2.49. The van der Waals surface area contributed by atoms with Crippen molar-refractivity contribution < 1.29 is 4.79 Å². The highest BCUT2D eigenvalue weighted by Crippen LogP contribution is 2.12. The molecule has 0 aromatic rings. The van der Waals surface area contributed by atoms with Gasteiger partial charge in [0, 0.05) is 25.2 Å². The van der Waals surface area contributed by atoms with E-state index in [1.165, 1.54) is 0 Å². The van der Waals surface area contributed by atoms with Gasteiger partial charge in [0.15, 0.2) is 0 Å². The lowest BCUT2D eigenvalue weighted by molar-refractivity contribution is 0.180. The van der Waals surface area contributed by atoms with Crippen molar-refractivity contribution in [1.82, 2.24) is 10.2 Å². The highest BCUT2D eigenvalue weighted by molar-refractivity contribution is 5.72. The molecule has 1 unspecified atom stereocenters. The Balaban J connectivity index is 2.28. The molecule has 1 atom stereocenters. The van der Waals surface area contributed by atoms with E-state index in [4.69, 9.17) is 5.73 Å². The normalized spacial score (nSPS) is 20.7. The number of nitrogens with zero attached hydrogens (tertiary/aromatic N) is 1. The van der Waals surface area contributed by atoms with Crippen molar-refractivity contribution in [3.8, 4) is 0 Å². The van der Waals surface area contributed by atoms with E-state index in [1.54, 1.807) is 4.90 Å². The summed E-state index contributed by atoms with van der Waals surface area (Å²) in [6, 6.07) is 0.790. The Morgan fingerprint density at radius 2 is 1.87 bits per heavy atom. The minimum atomic E-state index is -0.287. The van der Waals surface area contributed by atoms with E-state index < -0.39 is 0 Å². The summed E-state index contributed by atoms with van der Waals surface area (Å²) < 4.78 is 0. The largest absolute Gasteiger partial charge is 0.351 e. The molecule has 4 heteroatoms. The first-order chi connectivity index (χ1) is 7.00. The number of carbonyl (C=O) groups is 1. The van der Waals surface area contributed by atoms with E-state index in [2.05, 4.69) is 26.1 Å². The second-order valence-corrected chi connectivity index (χ2v) is 4.80. The fourth-order valence-corrected chi connectivity index (χ4v) is 1.83. The molecule has 0 radical (unpaired) electrons. The molecule has 0 aromatic heterocycles. The highest BCUT2D eigenvalue weighted by atomic mass is 16.2. The van der Waals surface area contributed by atoms with Crippen LogP contribution in [0.15, 0.2) is 0 Å². The Labute approximate surface area is 92.2 Å². The molecule has 0 saturated carbocycles. The summed E-state index contributed by atoms with van der Waals surface area (Å²) >= 11 is 0. The van der Waals surface area contributed by atoms with Crippen LogP contribution in [0.3, 0.4) is 0 Å². The maximum absolute atomic E-state index is 10.9. The molecule has 1 heterocycles. The van der Waals surface area contributed by atoms with Gasteiger partial charge in [-0.05, 0) is 25.7 Å². The van der Waals surface area contributed by atoms with E-state index in [0.717, 1.165) is 25.9 Å². The van der Waals surface area contributed by atoms with E-state index >= 15 is 0 Å². The van der Waals surface area contributed by atoms with Crippen LogP contribution in [0.5, 0.6) is 0 Å². The van der Waals surface area contributed by atoms with Crippen molar-refractivity contribution in [3.05, 3.63) is 0 Å². The average Bonchev–Trinajstić information content (AvgIpc) is 2.18. The number of likely N-dealkylation sites (tertiary alicyclic amines) is 1. The number of primary amides is 1. The first-order valence-electron chi connectivity index (χ1n) is 5.81. The van der Waals surface area contributed by atoms with Gasteiger partial charge in [0.25, 0.3) is 0 Å². The summed E-state index contributed by atoms with van der Waals surface area (Å²) in [5, 5.41) is 3.60. The Morgan fingerprint density at radius 3 is 2.27 bits per heavy atom. The molecule has 0 bridgehead atoms. The lowest BCUT2D eigenvalue weighted by Gasteiger charge is -2.33. The number of carbonyl (C=O) groups excluding carboxylic acids is 1. The predicted octanol–water partition coefficient (Wildman–Crippen LogP) is 1.16. The van der Waals surface area contributed by atoms with E-state index in [9.17, 15) is 4.79 Å². The van der Waals surface area contributed by atoms with Gasteiger partial charge in [0.05, 0.1) is 0 Å². The summed E-state index contributed by atoms with van der Waals surface area (Å²) in [6.07, 6.45) is 2.03. The van der Waals surface area contributed by atoms with Crippen molar-refractivity contribution in [2.24, 2.45) is 11.7 Å². The van der Waals surface area contributed by atoms with Gasteiger partial charge in [-0.2, -0.15) is 0 Å². The Kier molecular flexibility index (Phi) is 4.39. The lowest BCUT2D eigenvalue weighted by atomic mass is 10.0. The number of rotatable bonds is 3. The van der Waals surface area contributed by atoms with Crippen LogP contribution in [-0.2, 0) is 0 Å². The van der Waals surface area contributed by atoms with Gasteiger partial charge < -0.3 is 16.0 Å². The Morgan fingerprint density at radius 1 is 1.33 bits per heavy atom. The molecule has 3 N–H and O–H groups in total. The topological polar surface area (TPSA) is 58.4 Å². The van der Waals surface area contributed by atoms with Gasteiger partial charge in [-0.3, -0.25) is 0 Å². The third kappa shape index (κ3) is 3.70. The fourth-order valence-electron chi connectivity index (χ4n) is 1.83. The first kappa shape index (κ1) is 12.3. The summed E-state index contributed by atoms with van der Waals surface area (Å²) in [6.45, 7) is 8.23. The number of hydrogen-bond donors (Lipinski definition) is 2. The maximum Gasteiger partial charge on any atom is 0.314 e. The minimum absolute atomic E-state index is 0.287. The fraction of sp³-hybridized carbons (Fsp3) is 0.909. The second-order valence-electron chi connectivity index (χ2n) is 4.80. The van der Waals surface area contributed by atoms with Gasteiger partial charge in [0.2, 0.25) is 0 Å². The first-order valence-corrected chi connectivity index (χ1v) is 5.81. The zero-order valence-electron chi connectivity index (χ0n) is 9.99. The van der Waals surface area contributed by atoms with Crippen molar-refractivity contribution in [2.45, 2.75) is 45.7 Å². The van der Waals surface area contributed by atoms with Crippen LogP contribution in [0.4, 0.5) is 4.79 Å². The molecule has 0 aliphatic carbocycles. The smallest absolute Gasteiger partial charge is 0.314 e. The molecule has 2 amide bonds. The standard InChI is InChI=1S/C11H23N3O/c1-8(2)9(3)13-10-4-6-14(7-5-10)11(12)15/h8-10,13H,4-7H2,1-3H3,(H2,12,15). The molecule has 88 valence electrons. The summed E-state index contributed by atoms with van der Waals surface area (Å²) in [7, 11) is 0. The number of urea groups is 1. The van der Waals surface area contributed by atoms with Crippen LogP contribution in [0.2, 0.25) is 0 Å². The van der Waals surface area contributed by atoms with Crippen LogP contribution >= 0.6 is 0 Å². The van der Waals surface area contributed by atoms with Crippen molar-refractivity contribution >= 4 is 6.03 Å². The quantitative estimate of drug-likeness (QED) is 0.739. The Bertz CT molecular complexity index is 210. The van der Waals surface area contributed by atoms with E-state index in [0.29, 0.717) is 18.0 Å². The summed E-state index contributed by atoms with van der Waals surface area (Å²) in [5.74, 6) is 0.652. The van der Waals surface area contributed by atoms with Gasteiger partial charge in [0.1, 0.15) is 0 Å². The molecular formula is C11H23N3O. The van der Waals surface area contributed by atoms with Crippen LogP contribution in [0.1, 0.15) is 33.6 Å². The molecule has 1 fully saturated rings. The molecule has 0 aromatic carbocycles. The third-order valence-electron chi connectivity index (χ3n) is 3.31. The minimum Gasteiger partial charge on any atom is -0.351 e. The molecular weight excluding hydrogens is 190 g/mol. The van der Waals surface area contributed by atoms with E-state index in [1.807, 2.05) is 0 Å². The maximum atomic E-state index is 10.9. The van der Waals surface area contributed by atoms with Gasteiger partial charge in [-0.25, -0.2) is 4.79 Å². The van der Waals surface area contributed by atoms with Crippen LogP contribution < -0.4 is 11.1 Å². The highest BCUT2D eigenvalue weighted by Gasteiger charge is 2.22. The van der Waals surface area contributed by atoms with Crippen LogP contribution in [0, 0.1) is 5.92 Å². The Hall–Kier alpha value is -0.770. The summed E-state index contributed by atoms with van der Waals surface area (Å²) in [4.78, 5) is 12.6. The van der Waals surface area contributed by atoms with Crippen molar-refractivity contribution in [2.75, 3.05) is 13.1 Å². The van der Waals surface area contributed by atoms with Crippen molar-refractivity contribution in [1.29, 1.82) is 0 Å². The number of hydrogen-bond acceptors (Lipinski definition) is 2. The molecule has 1 rings (SSSR count). The predicted molar refractivity (Wildman–Crippen MR) is 61.6 cm³/mol. The molecule has 1 aliphatic rings. The average molecular weight is 213 g/mol. The van der Waals surface area contributed by atoms with Gasteiger partial charge in [-0.1, -0.05) is 13.8 Å². The number of amides is 2.